The number of nitrogens with zero attached hydrogens (tertiary/aromatic N) is 5. The molecule has 0 saturated carbocycles. The fourth-order valence-electron chi connectivity index (χ4n) is 4.63. The molecule has 0 spiro atoms. The molecular weight excluding hydrogens is 515 g/mol. The maximum absolute atomic E-state index is 14.0. The lowest BCUT2D eigenvalue weighted by molar-refractivity contribution is -0.142. The standard InChI is InChI=1S/C28H27ClF3N5O/c1-18(2)20-6-8-21(9-7-20)23-15-25(28(30,31)32)37-26(33-23)16-24(34-37)27(38)36-12-10-35(11-13-36)17-19-4-3-5-22(29)14-19/h3-9,14-16,18H,10-13,17H2,1-2H3. The molecule has 2 aromatic heterocycles. The molecule has 0 radical (unpaired) electrons. The zero-order valence-corrected chi connectivity index (χ0v) is 21.8. The van der Waals surface area contributed by atoms with Crippen molar-refractivity contribution in [3.63, 3.8) is 0 Å². The fraction of sp³-hybridized carbons (Fsp3) is 0.321. The van der Waals surface area contributed by atoms with E-state index in [2.05, 4.69) is 15.0 Å². The van der Waals surface area contributed by atoms with Crippen LogP contribution in [0.3, 0.4) is 0 Å². The lowest BCUT2D eigenvalue weighted by atomic mass is 10.0. The minimum Gasteiger partial charge on any atom is -0.335 e. The van der Waals surface area contributed by atoms with Crippen molar-refractivity contribution in [3.8, 4) is 11.3 Å². The number of halogens is 4. The van der Waals surface area contributed by atoms with E-state index in [9.17, 15) is 18.0 Å². The molecular formula is C28H27ClF3N5O. The molecule has 5 rings (SSSR count). The van der Waals surface area contributed by atoms with Gasteiger partial charge in [0.05, 0.1) is 5.69 Å². The van der Waals surface area contributed by atoms with Gasteiger partial charge in [0.2, 0.25) is 0 Å². The summed E-state index contributed by atoms with van der Waals surface area (Å²) in [6.07, 6.45) is -4.67. The van der Waals surface area contributed by atoms with Crippen molar-refractivity contribution >= 4 is 23.2 Å². The van der Waals surface area contributed by atoms with Crippen LogP contribution in [0.25, 0.3) is 16.9 Å². The predicted molar refractivity (Wildman–Crippen MR) is 140 cm³/mol. The summed E-state index contributed by atoms with van der Waals surface area (Å²) in [5.74, 6) is -0.110. The highest BCUT2D eigenvalue weighted by Gasteiger charge is 2.36. The van der Waals surface area contributed by atoms with Crippen molar-refractivity contribution in [2.24, 2.45) is 0 Å². The van der Waals surface area contributed by atoms with E-state index < -0.39 is 17.8 Å². The average Bonchev–Trinajstić information content (AvgIpc) is 3.32. The molecule has 4 aromatic rings. The number of carbonyl (C=O) groups excluding carboxylic acids is 1. The van der Waals surface area contributed by atoms with Crippen molar-refractivity contribution in [1.29, 1.82) is 0 Å². The van der Waals surface area contributed by atoms with Gasteiger partial charge in [-0.15, -0.1) is 0 Å². The highest BCUT2D eigenvalue weighted by molar-refractivity contribution is 6.30. The molecule has 1 aliphatic rings. The van der Waals surface area contributed by atoms with Crippen molar-refractivity contribution in [1.82, 2.24) is 24.4 Å². The number of carbonyl (C=O) groups is 1. The summed E-state index contributed by atoms with van der Waals surface area (Å²) in [5.41, 5.74) is 1.84. The molecule has 1 saturated heterocycles. The van der Waals surface area contributed by atoms with Crippen LogP contribution in [0.1, 0.15) is 47.1 Å². The molecule has 0 N–H and O–H groups in total. The maximum Gasteiger partial charge on any atom is 0.433 e. The summed E-state index contributed by atoms with van der Waals surface area (Å²) < 4.78 is 42.7. The summed E-state index contributed by atoms with van der Waals surface area (Å²) in [6, 6.07) is 17.2. The lowest BCUT2D eigenvalue weighted by Crippen LogP contribution is -2.48. The van der Waals surface area contributed by atoms with Gasteiger partial charge in [-0.25, -0.2) is 9.50 Å². The van der Waals surface area contributed by atoms with E-state index in [1.807, 2.05) is 50.2 Å². The van der Waals surface area contributed by atoms with E-state index in [0.717, 1.165) is 17.2 Å². The maximum atomic E-state index is 14.0. The van der Waals surface area contributed by atoms with E-state index in [1.165, 1.54) is 6.07 Å². The van der Waals surface area contributed by atoms with Crippen LogP contribution < -0.4 is 0 Å². The molecule has 1 amide bonds. The molecule has 6 nitrogen and oxygen atoms in total. The first-order chi connectivity index (χ1) is 18.1. The summed E-state index contributed by atoms with van der Waals surface area (Å²) in [4.78, 5) is 21.4. The van der Waals surface area contributed by atoms with Gasteiger partial charge in [0.1, 0.15) is 0 Å². The van der Waals surface area contributed by atoms with Gasteiger partial charge in [0, 0.05) is 49.4 Å². The van der Waals surface area contributed by atoms with Crippen LogP contribution in [0.4, 0.5) is 13.2 Å². The molecule has 198 valence electrons. The van der Waals surface area contributed by atoms with Gasteiger partial charge in [0.25, 0.3) is 5.91 Å². The van der Waals surface area contributed by atoms with Crippen LogP contribution in [0, 0.1) is 0 Å². The summed E-state index contributed by atoms with van der Waals surface area (Å²) in [7, 11) is 0. The van der Waals surface area contributed by atoms with Crippen LogP contribution in [-0.2, 0) is 12.7 Å². The van der Waals surface area contributed by atoms with Gasteiger partial charge in [-0.05, 0) is 35.2 Å². The Bertz CT molecular complexity index is 1460. The lowest BCUT2D eigenvalue weighted by Gasteiger charge is -2.34. The topological polar surface area (TPSA) is 53.7 Å². The van der Waals surface area contributed by atoms with Crippen LogP contribution >= 0.6 is 11.6 Å². The Morgan fingerprint density at radius 2 is 1.71 bits per heavy atom. The number of hydrogen-bond donors (Lipinski definition) is 0. The third-order valence-corrected chi connectivity index (χ3v) is 7.00. The number of rotatable bonds is 5. The van der Waals surface area contributed by atoms with Gasteiger partial charge in [-0.3, -0.25) is 9.69 Å². The van der Waals surface area contributed by atoms with Crippen molar-refractivity contribution in [2.75, 3.05) is 26.2 Å². The second-order valence-corrected chi connectivity index (χ2v) is 10.2. The van der Waals surface area contributed by atoms with Crippen LogP contribution in [-0.4, -0.2) is 56.5 Å². The second kappa shape index (κ2) is 10.4. The highest BCUT2D eigenvalue weighted by atomic mass is 35.5. The third-order valence-electron chi connectivity index (χ3n) is 6.76. The predicted octanol–water partition coefficient (Wildman–Crippen LogP) is 6.15. The van der Waals surface area contributed by atoms with Crippen LogP contribution in [0.5, 0.6) is 0 Å². The molecule has 10 heteroatoms. The Kier molecular flexibility index (Phi) is 7.15. The monoisotopic (exact) mass is 541 g/mol. The van der Waals surface area contributed by atoms with Crippen molar-refractivity contribution < 1.29 is 18.0 Å². The first kappa shape index (κ1) is 26.2. The minimum atomic E-state index is -4.67. The minimum absolute atomic E-state index is 0.0225. The summed E-state index contributed by atoms with van der Waals surface area (Å²) in [5, 5.41) is 4.71. The number of fused-ring (bicyclic) bond motifs is 1. The SMILES string of the molecule is CC(C)c1ccc(-c2cc(C(F)(F)F)n3nc(C(=O)N4CCN(Cc5cccc(Cl)c5)CC4)cc3n2)cc1. The Balaban J connectivity index is 1.37. The zero-order valence-electron chi connectivity index (χ0n) is 21.0. The Morgan fingerprint density at radius 3 is 2.34 bits per heavy atom. The smallest absolute Gasteiger partial charge is 0.335 e. The molecule has 1 fully saturated rings. The van der Waals surface area contributed by atoms with E-state index in [-0.39, 0.29) is 17.0 Å². The summed E-state index contributed by atoms with van der Waals surface area (Å²) >= 11 is 6.07. The Labute approximate surface area is 223 Å². The van der Waals surface area contributed by atoms with E-state index in [4.69, 9.17) is 11.6 Å². The highest BCUT2D eigenvalue weighted by Crippen LogP contribution is 2.33. The number of aromatic nitrogens is 3. The van der Waals surface area contributed by atoms with Crippen molar-refractivity contribution in [2.45, 2.75) is 32.5 Å². The van der Waals surface area contributed by atoms with Gasteiger partial charge in [-0.2, -0.15) is 18.3 Å². The molecule has 0 atom stereocenters. The first-order valence-corrected chi connectivity index (χ1v) is 12.8. The molecule has 1 aliphatic heterocycles. The number of benzene rings is 2. The Hall–Kier alpha value is -3.43. The molecule has 0 aliphatic carbocycles. The number of alkyl halides is 3. The molecule has 3 heterocycles. The summed E-state index contributed by atoms with van der Waals surface area (Å²) in [6.45, 7) is 6.95. The number of hydrogen-bond acceptors (Lipinski definition) is 4. The molecule has 0 bridgehead atoms. The van der Waals surface area contributed by atoms with E-state index in [0.29, 0.717) is 53.7 Å². The zero-order chi connectivity index (χ0) is 27.0. The first-order valence-electron chi connectivity index (χ1n) is 12.4. The number of amides is 1. The van der Waals surface area contributed by atoms with Gasteiger partial charge in [-0.1, -0.05) is 61.8 Å². The van der Waals surface area contributed by atoms with Crippen LogP contribution in [0.2, 0.25) is 5.02 Å². The van der Waals surface area contributed by atoms with Crippen LogP contribution in [0.15, 0.2) is 60.7 Å². The Morgan fingerprint density at radius 1 is 1.00 bits per heavy atom. The van der Waals surface area contributed by atoms with Gasteiger partial charge >= 0.3 is 6.18 Å². The molecule has 38 heavy (non-hydrogen) atoms. The van der Waals surface area contributed by atoms with Gasteiger partial charge < -0.3 is 4.90 Å². The number of piperazine rings is 1. The quantitative estimate of drug-likeness (QED) is 0.304. The normalized spacial score (nSPS) is 15.0. The fourth-order valence-corrected chi connectivity index (χ4v) is 4.85. The van der Waals surface area contributed by atoms with Gasteiger partial charge in [0.15, 0.2) is 17.0 Å². The second-order valence-electron chi connectivity index (χ2n) is 9.80. The van der Waals surface area contributed by atoms with E-state index in [1.54, 1.807) is 17.0 Å². The average molecular weight is 542 g/mol. The largest absolute Gasteiger partial charge is 0.433 e. The molecule has 0 unspecified atom stereocenters. The third kappa shape index (κ3) is 5.54. The van der Waals surface area contributed by atoms with Crippen molar-refractivity contribution in [3.05, 3.63) is 88.2 Å². The van der Waals surface area contributed by atoms with E-state index >= 15 is 0 Å². The molecule has 2 aromatic carbocycles.